The quantitative estimate of drug-likeness (QED) is 0.154. The summed E-state index contributed by atoms with van der Waals surface area (Å²) in [5.74, 6) is -4.17. The van der Waals surface area contributed by atoms with Gasteiger partial charge in [0.1, 0.15) is 11.1 Å². The molecule has 0 aliphatic heterocycles. The van der Waals surface area contributed by atoms with E-state index in [1.807, 2.05) is 0 Å². The van der Waals surface area contributed by atoms with Crippen molar-refractivity contribution in [2.24, 2.45) is 0 Å². The minimum atomic E-state index is -6.00. The predicted octanol–water partition coefficient (Wildman–Crippen LogP) is 5.57. The summed E-state index contributed by atoms with van der Waals surface area (Å²) in [5.41, 5.74) is -11.4. The molecular formula is C15H7F6N4O12P. The lowest BCUT2D eigenvalue weighted by Gasteiger charge is -2.21. The minimum Gasteiger partial charge on any atom is -0.387 e. The first-order valence-corrected chi connectivity index (χ1v) is 10.3. The molecule has 0 amide bonds. The Morgan fingerprint density at radius 2 is 0.974 bits per heavy atom. The second-order valence-corrected chi connectivity index (χ2v) is 8.14. The van der Waals surface area contributed by atoms with Gasteiger partial charge in [-0.05, 0) is 0 Å². The molecule has 38 heavy (non-hydrogen) atoms. The summed E-state index contributed by atoms with van der Waals surface area (Å²) < 4.78 is 107. The Morgan fingerprint density at radius 1 is 0.658 bits per heavy atom. The molecule has 0 fully saturated rings. The number of phosphoric acid groups is 1. The number of benzene rings is 2. The summed E-state index contributed by atoms with van der Waals surface area (Å²) in [6, 6.07) is -0.782. The van der Waals surface area contributed by atoms with Crippen LogP contribution in [-0.4, -0.2) is 26.8 Å². The number of nitro groups is 4. The molecule has 0 heterocycles. The van der Waals surface area contributed by atoms with Gasteiger partial charge in [-0.15, -0.1) is 0 Å². The fourth-order valence-corrected chi connectivity index (χ4v) is 3.63. The first kappa shape index (κ1) is 29.6. The predicted molar refractivity (Wildman–Crippen MR) is 105 cm³/mol. The molecule has 0 N–H and O–H groups in total. The average Bonchev–Trinajstić information content (AvgIpc) is 2.76. The van der Waals surface area contributed by atoms with E-state index in [1.54, 1.807) is 0 Å². The topological polar surface area (TPSA) is 217 Å². The average molecular weight is 580 g/mol. The van der Waals surface area contributed by atoms with E-state index in [-0.39, 0.29) is 31.4 Å². The van der Waals surface area contributed by atoms with Gasteiger partial charge in [-0.3, -0.25) is 45.0 Å². The van der Waals surface area contributed by atoms with Crippen LogP contribution in [0.1, 0.15) is 11.1 Å². The third-order valence-electron chi connectivity index (χ3n) is 4.16. The molecule has 206 valence electrons. The zero-order valence-electron chi connectivity index (χ0n) is 17.7. The first-order valence-electron chi connectivity index (χ1n) is 8.85. The van der Waals surface area contributed by atoms with E-state index in [2.05, 4.69) is 13.6 Å². The third kappa shape index (κ3) is 6.21. The van der Waals surface area contributed by atoms with Gasteiger partial charge < -0.3 is 9.05 Å². The monoisotopic (exact) mass is 580 g/mol. The summed E-state index contributed by atoms with van der Waals surface area (Å²) in [4.78, 5) is 38.1. The van der Waals surface area contributed by atoms with Crippen LogP contribution in [0, 0.1) is 40.5 Å². The number of hydrogen-bond acceptors (Lipinski definition) is 12. The van der Waals surface area contributed by atoms with Crippen molar-refractivity contribution in [3.05, 3.63) is 75.8 Å². The van der Waals surface area contributed by atoms with Gasteiger partial charge in [0.05, 0.1) is 31.8 Å². The molecule has 0 saturated heterocycles. The maximum Gasteiger partial charge on any atom is 0.587 e. The van der Waals surface area contributed by atoms with Gasteiger partial charge in [-0.25, -0.2) is 4.57 Å². The van der Waals surface area contributed by atoms with Crippen LogP contribution in [-0.2, 0) is 21.4 Å². The number of halogens is 6. The van der Waals surface area contributed by atoms with Crippen molar-refractivity contribution in [3.63, 3.8) is 0 Å². The molecule has 23 heteroatoms. The normalized spacial score (nSPS) is 12.1. The van der Waals surface area contributed by atoms with Crippen molar-refractivity contribution >= 4 is 30.6 Å². The summed E-state index contributed by atoms with van der Waals surface area (Å²) in [6.07, 6.45) is -11.4. The highest BCUT2D eigenvalue weighted by Crippen LogP contribution is 2.57. The van der Waals surface area contributed by atoms with Crippen molar-refractivity contribution in [2.75, 3.05) is 7.11 Å². The van der Waals surface area contributed by atoms with E-state index < -0.39 is 85.2 Å². The second-order valence-electron chi connectivity index (χ2n) is 6.52. The number of non-ortho nitro benzene ring substituents is 2. The van der Waals surface area contributed by atoms with Crippen LogP contribution in [0.15, 0.2) is 24.3 Å². The lowest BCUT2D eigenvalue weighted by atomic mass is 10.1. The zero-order valence-corrected chi connectivity index (χ0v) is 18.6. The Kier molecular flexibility index (Phi) is 7.84. The standard InChI is InChI=1S/C15H7F6N4O12P/c1-35-38(34,36-12-8(14(16,17)18)2-6(22(26)27)4-10(12)24(30)31)37-13-9(15(19,20)21)3-7(23(28)29)5-11(13)25(32)33/h2-5H,1H3. The Labute approximate surface area is 202 Å². The Morgan fingerprint density at radius 3 is 1.18 bits per heavy atom. The van der Waals surface area contributed by atoms with Crippen LogP contribution in [0.5, 0.6) is 11.5 Å². The molecule has 0 saturated carbocycles. The Hall–Kier alpha value is -4.59. The fraction of sp³-hybridized carbons (Fsp3) is 0.200. The summed E-state index contributed by atoms with van der Waals surface area (Å²) in [5, 5.41) is 44.4. The van der Waals surface area contributed by atoms with E-state index in [0.717, 1.165) is 0 Å². The van der Waals surface area contributed by atoms with Gasteiger partial charge in [0.25, 0.3) is 11.4 Å². The zero-order chi connectivity index (χ0) is 29.4. The number of alkyl halides is 6. The molecule has 0 unspecified atom stereocenters. The second kappa shape index (κ2) is 10.0. The SMILES string of the molecule is COP(=O)(Oc1c([N+](=O)[O-])cc([N+](=O)[O-])cc1C(F)(F)F)Oc1c([N+](=O)[O-])cc([N+](=O)[O-])cc1C(F)(F)F. The highest BCUT2D eigenvalue weighted by Gasteiger charge is 2.47. The molecule has 0 bridgehead atoms. The van der Waals surface area contributed by atoms with Gasteiger partial charge in [0, 0.05) is 19.2 Å². The minimum absolute atomic E-state index is 0.0833. The molecule has 0 radical (unpaired) electrons. The van der Waals surface area contributed by atoms with Crippen LogP contribution in [0.25, 0.3) is 0 Å². The molecule has 0 aliphatic carbocycles. The van der Waals surface area contributed by atoms with Crippen LogP contribution < -0.4 is 9.05 Å². The number of phosphoric ester groups is 1. The van der Waals surface area contributed by atoms with Gasteiger partial charge >= 0.3 is 31.6 Å². The Balaban J connectivity index is 2.86. The number of hydrogen-bond donors (Lipinski definition) is 0. The molecule has 2 aromatic rings. The van der Waals surface area contributed by atoms with Crippen molar-refractivity contribution in [1.29, 1.82) is 0 Å². The summed E-state index contributed by atoms with van der Waals surface area (Å²) >= 11 is 0. The molecule has 0 atom stereocenters. The molecule has 2 rings (SSSR count). The molecule has 0 aromatic heterocycles. The van der Waals surface area contributed by atoms with Crippen LogP contribution >= 0.6 is 7.82 Å². The summed E-state index contributed by atoms with van der Waals surface area (Å²) in [7, 11) is -5.71. The van der Waals surface area contributed by atoms with Crippen molar-refractivity contribution in [1.82, 2.24) is 0 Å². The number of nitro benzene ring substituents is 4. The van der Waals surface area contributed by atoms with Crippen LogP contribution in [0.4, 0.5) is 49.1 Å². The molecular weight excluding hydrogens is 573 g/mol. The van der Waals surface area contributed by atoms with Gasteiger partial charge in [0.2, 0.25) is 11.5 Å². The van der Waals surface area contributed by atoms with Crippen molar-refractivity contribution < 1.29 is 64.2 Å². The van der Waals surface area contributed by atoms with E-state index in [4.69, 9.17) is 0 Å². The highest BCUT2D eigenvalue weighted by molar-refractivity contribution is 7.49. The van der Waals surface area contributed by atoms with Gasteiger partial charge in [0.15, 0.2) is 0 Å². The van der Waals surface area contributed by atoms with Crippen molar-refractivity contribution in [3.8, 4) is 11.5 Å². The number of rotatable bonds is 9. The first-order chi connectivity index (χ1) is 17.2. The summed E-state index contributed by atoms with van der Waals surface area (Å²) in [6.45, 7) is 0. The molecule has 0 spiro atoms. The van der Waals surface area contributed by atoms with Crippen LogP contribution in [0.3, 0.4) is 0 Å². The lowest BCUT2D eigenvalue weighted by molar-refractivity contribution is -0.395. The molecule has 0 aliphatic rings. The van der Waals surface area contributed by atoms with Gasteiger partial charge in [-0.1, -0.05) is 0 Å². The maximum absolute atomic E-state index is 13.6. The van der Waals surface area contributed by atoms with Crippen LogP contribution in [0.2, 0.25) is 0 Å². The van der Waals surface area contributed by atoms with E-state index >= 15 is 0 Å². The fourth-order valence-electron chi connectivity index (χ4n) is 2.61. The van der Waals surface area contributed by atoms with Crippen molar-refractivity contribution in [2.45, 2.75) is 12.4 Å². The Bertz CT molecular complexity index is 1300. The van der Waals surface area contributed by atoms with E-state index in [1.165, 1.54) is 0 Å². The third-order valence-corrected chi connectivity index (χ3v) is 5.42. The molecule has 16 nitrogen and oxygen atoms in total. The highest BCUT2D eigenvalue weighted by atomic mass is 31.2. The molecule has 2 aromatic carbocycles. The smallest absolute Gasteiger partial charge is 0.387 e. The number of nitrogens with zero attached hydrogens (tertiary/aromatic N) is 4. The van der Waals surface area contributed by atoms with E-state index in [9.17, 15) is 71.4 Å². The largest absolute Gasteiger partial charge is 0.587 e. The van der Waals surface area contributed by atoms with E-state index in [0.29, 0.717) is 0 Å². The lowest BCUT2D eigenvalue weighted by Crippen LogP contribution is -2.15. The maximum atomic E-state index is 13.6. The van der Waals surface area contributed by atoms with Gasteiger partial charge in [-0.2, -0.15) is 26.3 Å².